The van der Waals surface area contributed by atoms with Gasteiger partial charge >= 0.3 is 5.97 Å². The molecule has 1 aliphatic rings. The largest absolute Gasteiger partial charge is 0.465 e. The molecule has 5 nitrogen and oxygen atoms in total. The number of likely N-dealkylation sites (N-methyl/N-ethyl adjacent to an activating group) is 1. The Labute approximate surface area is 129 Å². The van der Waals surface area contributed by atoms with E-state index in [0.717, 1.165) is 65.1 Å². The molecule has 1 unspecified atom stereocenters. The number of unbranched alkanes of at least 4 members (excludes halogenated alkanes) is 1. The number of nitrogens with zero attached hydrogens (tertiary/aromatic N) is 1. The van der Waals surface area contributed by atoms with Gasteiger partial charge in [0.1, 0.15) is 5.54 Å². The van der Waals surface area contributed by atoms with Gasteiger partial charge < -0.3 is 19.7 Å². The van der Waals surface area contributed by atoms with Crippen LogP contribution in [0.5, 0.6) is 0 Å². The summed E-state index contributed by atoms with van der Waals surface area (Å²) in [5, 5.41) is 3.28. The number of carbonyl (C=O) groups excluding carboxylic acids is 1. The molecule has 1 rings (SSSR count). The zero-order chi connectivity index (χ0) is 15.6. The van der Waals surface area contributed by atoms with E-state index in [1.807, 2.05) is 20.8 Å². The first-order valence-electron chi connectivity index (χ1n) is 8.34. The molecule has 0 spiro atoms. The minimum Gasteiger partial charge on any atom is -0.465 e. The van der Waals surface area contributed by atoms with Crippen molar-refractivity contribution in [1.29, 1.82) is 0 Å². The molecule has 0 bridgehead atoms. The third-order valence-corrected chi connectivity index (χ3v) is 4.01. The summed E-state index contributed by atoms with van der Waals surface area (Å²) in [6.45, 7) is 12.0. The fourth-order valence-corrected chi connectivity index (χ4v) is 2.78. The minimum atomic E-state index is -0.549. The fraction of sp³-hybridized carbons (Fsp3) is 0.938. The van der Waals surface area contributed by atoms with Crippen LogP contribution in [0.15, 0.2) is 0 Å². The molecule has 5 heteroatoms. The molecule has 0 aliphatic carbocycles. The van der Waals surface area contributed by atoms with Gasteiger partial charge in [-0.3, -0.25) is 4.79 Å². The van der Waals surface area contributed by atoms with Crippen LogP contribution in [0.1, 0.15) is 46.5 Å². The fourth-order valence-electron chi connectivity index (χ4n) is 2.78. The molecule has 1 aliphatic heterocycles. The molecule has 21 heavy (non-hydrogen) atoms. The number of esters is 1. The van der Waals surface area contributed by atoms with Crippen molar-refractivity contribution in [3.05, 3.63) is 0 Å². The summed E-state index contributed by atoms with van der Waals surface area (Å²) in [5.74, 6) is -0.130. The molecule has 0 saturated carbocycles. The molecule has 1 N–H and O–H groups in total. The van der Waals surface area contributed by atoms with Crippen molar-refractivity contribution in [2.75, 3.05) is 46.0 Å². The van der Waals surface area contributed by atoms with E-state index in [1.165, 1.54) is 0 Å². The molecule has 1 saturated heterocycles. The predicted molar refractivity (Wildman–Crippen MR) is 84.4 cm³/mol. The van der Waals surface area contributed by atoms with Crippen LogP contribution >= 0.6 is 0 Å². The average Bonchev–Trinajstić information content (AvgIpc) is 2.73. The number of hydrogen-bond acceptors (Lipinski definition) is 5. The standard InChI is InChI=1S/C16H32N2O3/c1-4-17-16(3,15(19)21-5-2)9-6-7-10-18-11-8-13-20-14-12-18/h17H,4-14H2,1-3H3. The summed E-state index contributed by atoms with van der Waals surface area (Å²) in [4.78, 5) is 14.5. The van der Waals surface area contributed by atoms with Crippen molar-refractivity contribution in [3.63, 3.8) is 0 Å². The van der Waals surface area contributed by atoms with Gasteiger partial charge in [-0.05, 0) is 52.6 Å². The highest BCUT2D eigenvalue weighted by Gasteiger charge is 2.33. The van der Waals surface area contributed by atoms with Crippen molar-refractivity contribution < 1.29 is 14.3 Å². The topological polar surface area (TPSA) is 50.8 Å². The van der Waals surface area contributed by atoms with Crippen molar-refractivity contribution >= 4 is 5.97 Å². The number of rotatable bonds is 9. The van der Waals surface area contributed by atoms with Gasteiger partial charge in [0.15, 0.2) is 0 Å². The van der Waals surface area contributed by atoms with Gasteiger partial charge in [0.25, 0.3) is 0 Å². The lowest BCUT2D eigenvalue weighted by Crippen LogP contribution is -2.50. The van der Waals surface area contributed by atoms with E-state index in [2.05, 4.69) is 10.2 Å². The van der Waals surface area contributed by atoms with Gasteiger partial charge in [-0.1, -0.05) is 6.92 Å². The Balaban J connectivity index is 2.30. The third kappa shape index (κ3) is 6.76. The predicted octanol–water partition coefficient (Wildman–Crippen LogP) is 1.81. The summed E-state index contributed by atoms with van der Waals surface area (Å²) >= 11 is 0. The molecule has 0 amide bonds. The number of carbonyl (C=O) groups is 1. The smallest absolute Gasteiger partial charge is 0.326 e. The molecular weight excluding hydrogens is 268 g/mol. The molecule has 0 aromatic carbocycles. The maximum Gasteiger partial charge on any atom is 0.326 e. The number of nitrogens with one attached hydrogen (secondary N) is 1. The van der Waals surface area contributed by atoms with Crippen molar-refractivity contribution in [1.82, 2.24) is 10.2 Å². The summed E-state index contributed by atoms with van der Waals surface area (Å²) in [5.41, 5.74) is -0.549. The van der Waals surface area contributed by atoms with E-state index in [1.54, 1.807) is 0 Å². The minimum absolute atomic E-state index is 0.130. The molecule has 0 aromatic heterocycles. The molecular formula is C16H32N2O3. The summed E-state index contributed by atoms with van der Waals surface area (Å²) in [6.07, 6.45) is 4.09. The first-order chi connectivity index (χ1) is 10.1. The second kappa shape index (κ2) is 10.1. The summed E-state index contributed by atoms with van der Waals surface area (Å²) in [7, 11) is 0. The van der Waals surface area contributed by atoms with Gasteiger partial charge in [-0.15, -0.1) is 0 Å². The van der Waals surface area contributed by atoms with Gasteiger partial charge in [0.05, 0.1) is 13.2 Å². The first-order valence-corrected chi connectivity index (χ1v) is 8.34. The van der Waals surface area contributed by atoms with Gasteiger partial charge in [0.2, 0.25) is 0 Å². The maximum absolute atomic E-state index is 12.1. The number of ether oxygens (including phenoxy) is 2. The Kier molecular flexibility index (Phi) is 8.88. The molecule has 1 heterocycles. The second-order valence-electron chi connectivity index (χ2n) is 5.85. The molecule has 124 valence electrons. The van der Waals surface area contributed by atoms with Crippen LogP contribution < -0.4 is 5.32 Å². The Morgan fingerprint density at radius 2 is 2.10 bits per heavy atom. The maximum atomic E-state index is 12.1. The zero-order valence-corrected chi connectivity index (χ0v) is 14.0. The van der Waals surface area contributed by atoms with E-state index >= 15 is 0 Å². The summed E-state index contributed by atoms with van der Waals surface area (Å²) < 4.78 is 10.7. The van der Waals surface area contributed by atoms with Crippen LogP contribution in [0.25, 0.3) is 0 Å². The van der Waals surface area contributed by atoms with E-state index in [9.17, 15) is 4.79 Å². The quantitative estimate of drug-likeness (QED) is 0.520. The molecule has 1 atom stereocenters. The first kappa shape index (κ1) is 18.4. The highest BCUT2D eigenvalue weighted by molar-refractivity contribution is 5.80. The van der Waals surface area contributed by atoms with Crippen LogP contribution in [-0.2, 0) is 14.3 Å². The van der Waals surface area contributed by atoms with Gasteiger partial charge in [-0.2, -0.15) is 0 Å². The Bertz CT molecular complexity index is 291. The zero-order valence-electron chi connectivity index (χ0n) is 14.0. The van der Waals surface area contributed by atoms with E-state index in [-0.39, 0.29) is 5.97 Å². The van der Waals surface area contributed by atoms with Crippen LogP contribution in [0.2, 0.25) is 0 Å². The molecule has 0 radical (unpaired) electrons. The van der Waals surface area contributed by atoms with Crippen molar-refractivity contribution in [3.8, 4) is 0 Å². The lowest BCUT2D eigenvalue weighted by molar-refractivity contribution is -0.150. The Morgan fingerprint density at radius 1 is 1.29 bits per heavy atom. The van der Waals surface area contributed by atoms with Gasteiger partial charge in [-0.25, -0.2) is 0 Å². The Hall–Kier alpha value is -0.650. The highest BCUT2D eigenvalue weighted by Crippen LogP contribution is 2.16. The third-order valence-electron chi connectivity index (χ3n) is 4.01. The normalized spacial score (nSPS) is 19.8. The number of hydrogen-bond donors (Lipinski definition) is 1. The lowest BCUT2D eigenvalue weighted by atomic mass is 9.94. The van der Waals surface area contributed by atoms with E-state index < -0.39 is 5.54 Å². The van der Waals surface area contributed by atoms with Crippen molar-refractivity contribution in [2.45, 2.75) is 52.0 Å². The van der Waals surface area contributed by atoms with Crippen LogP contribution in [0.3, 0.4) is 0 Å². The lowest BCUT2D eigenvalue weighted by Gasteiger charge is -2.28. The second-order valence-corrected chi connectivity index (χ2v) is 5.85. The monoisotopic (exact) mass is 300 g/mol. The van der Waals surface area contributed by atoms with Gasteiger partial charge in [0, 0.05) is 19.7 Å². The van der Waals surface area contributed by atoms with Crippen LogP contribution in [-0.4, -0.2) is 62.4 Å². The summed E-state index contributed by atoms with van der Waals surface area (Å²) in [6, 6.07) is 0. The highest BCUT2D eigenvalue weighted by atomic mass is 16.5. The molecule has 1 fully saturated rings. The SMILES string of the molecule is CCNC(C)(CCCCN1CCCOCC1)C(=O)OCC. The average molecular weight is 300 g/mol. The van der Waals surface area contributed by atoms with E-state index in [0.29, 0.717) is 6.61 Å². The molecule has 0 aromatic rings. The van der Waals surface area contributed by atoms with Crippen molar-refractivity contribution in [2.24, 2.45) is 0 Å². The van der Waals surface area contributed by atoms with Crippen LogP contribution in [0.4, 0.5) is 0 Å². The van der Waals surface area contributed by atoms with Crippen LogP contribution in [0, 0.1) is 0 Å². The van der Waals surface area contributed by atoms with E-state index in [4.69, 9.17) is 9.47 Å². The Morgan fingerprint density at radius 3 is 2.81 bits per heavy atom.